The summed E-state index contributed by atoms with van der Waals surface area (Å²) < 4.78 is 0. The Bertz CT molecular complexity index is 477. The molecule has 0 fully saturated rings. The summed E-state index contributed by atoms with van der Waals surface area (Å²) in [6, 6.07) is 5.61. The van der Waals surface area contributed by atoms with Gasteiger partial charge in [-0.1, -0.05) is 19.1 Å². The van der Waals surface area contributed by atoms with Crippen molar-refractivity contribution in [3.8, 4) is 0 Å². The molecule has 1 aromatic rings. The molecule has 4 nitrogen and oxygen atoms in total. The van der Waals surface area contributed by atoms with Crippen LogP contribution in [0.25, 0.3) is 0 Å². The first kappa shape index (κ1) is 11.8. The van der Waals surface area contributed by atoms with Crippen LogP contribution in [0.4, 0.5) is 0 Å². The van der Waals surface area contributed by atoms with Crippen LogP contribution in [0.15, 0.2) is 24.3 Å². The number of hydrogen-bond donors (Lipinski definition) is 0. The van der Waals surface area contributed by atoms with E-state index in [-0.39, 0.29) is 0 Å². The maximum absolute atomic E-state index is 12.0. The zero-order valence-corrected chi connectivity index (χ0v) is 9.90. The van der Waals surface area contributed by atoms with Crippen LogP contribution in [0.1, 0.15) is 34.1 Å². The van der Waals surface area contributed by atoms with E-state index in [2.05, 4.69) is 0 Å². The average molecular weight is 252 g/mol. The molecule has 2 rings (SSSR count). The van der Waals surface area contributed by atoms with E-state index in [0.717, 1.165) is 4.90 Å². The molecule has 0 saturated carbocycles. The van der Waals surface area contributed by atoms with Gasteiger partial charge in [-0.15, -0.1) is 0 Å². The summed E-state index contributed by atoms with van der Waals surface area (Å²) in [5, 5.41) is -0.693. The normalized spacial score (nSPS) is 16.0. The second-order valence-corrected chi connectivity index (χ2v) is 4.13. The maximum atomic E-state index is 12.0. The Labute approximate surface area is 103 Å². The number of hydrogen-bond acceptors (Lipinski definition) is 3. The van der Waals surface area contributed by atoms with Crippen LogP contribution in [-0.4, -0.2) is 28.0 Å². The fourth-order valence-corrected chi connectivity index (χ4v) is 2.19. The largest absolute Gasteiger partial charge is 0.279 e. The van der Waals surface area contributed by atoms with E-state index in [1.807, 2.05) is 0 Å². The quantitative estimate of drug-likeness (QED) is 0.608. The van der Waals surface area contributed by atoms with Crippen LogP contribution < -0.4 is 0 Å². The number of imide groups is 1. The van der Waals surface area contributed by atoms with Gasteiger partial charge in [0.05, 0.1) is 11.1 Å². The molecule has 1 aliphatic rings. The summed E-state index contributed by atoms with van der Waals surface area (Å²) in [5.41, 5.74) is 0.655. The number of rotatable bonds is 3. The lowest BCUT2D eigenvalue weighted by Crippen LogP contribution is -2.42. The molecule has 1 atom stereocenters. The summed E-state index contributed by atoms with van der Waals surface area (Å²) >= 11 is 5.41. The Morgan fingerprint density at radius 1 is 1.24 bits per heavy atom. The number of fused-ring (bicyclic) bond motifs is 1. The highest BCUT2D eigenvalue weighted by Crippen LogP contribution is 2.26. The first-order chi connectivity index (χ1) is 8.07. The minimum atomic E-state index is -0.885. The molecule has 5 heteroatoms. The molecular formula is C12H10ClNO3. The molecule has 2 amide bonds. The number of nitrogens with zero attached hydrogens (tertiary/aromatic N) is 1. The van der Waals surface area contributed by atoms with Gasteiger partial charge < -0.3 is 0 Å². The van der Waals surface area contributed by atoms with Gasteiger partial charge in [-0.05, 0) is 30.2 Å². The summed E-state index contributed by atoms with van der Waals surface area (Å²) in [6.07, 6.45) is 0.313. The second kappa shape index (κ2) is 4.30. The Morgan fingerprint density at radius 3 is 2.06 bits per heavy atom. The van der Waals surface area contributed by atoms with Crippen LogP contribution >= 0.6 is 11.6 Å². The molecule has 1 aliphatic heterocycles. The Balaban J connectivity index is 2.46. The SMILES string of the molecule is CCC(C(=O)Cl)N1C(=O)c2ccccc2C1=O. The fraction of sp³-hybridized carbons (Fsp3) is 0.250. The first-order valence-electron chi connectivity index (χ1n) is 5.24. The summed E-state index contributed by atoms with van der Waals surface area (Å²) in [5.74, 6) is -0.905. The molecule has 0 bridgehead atoms. The van der Waals surface area contributed by atoms with Crippen molar-refractivity contribution >= 4 is 28.7 Å². The second-order valence-electron chi connectivity index (χ2n) is 3.75. The lowest BCUT2D eigenvalue weighted by Gasteiger charge is -2.21. The molecule has 0 aromatic heterocycles. The molecule has 1 unspecified atom stereocenters. The van der Waals surface area contributed by atoms with Crippen LogP contribution in [-0.2, 0) is 4.79 Å². The third-order valence-corrected chi connectivity index (χ3v) is 3.04. The first-order valence-corrected chi connectivity index (χ1v) is 5.62. The van der Waals surface area contributed by atoms with Gasteiger partial charge in [0.25, 0.3) is 11.8 Å². The minimum Gasteiger partial charge on any atom is -0.279 e. The van der Waals surface area contributed by atoms with Gasteiger partial charge in [-0.2, -0.15) is 0 Å². The molecule has 0 N–H and O–H groups in total. The topological polar surface area (TPSA) is 54.5 Å². The van der Waals surface area contributed by atoms with Gasteiger partial charge in [0.2, 0.25) is 5.24 Å². The number of carbonyl (C=O) groups is 3. The van der Waals surface area contributed by atoms with Crippen molar-refractivity contribution in [2.45, 2.75) is 19.4 Å². The Kier molecular flexibility index (Phi) is 2.98. The van der Waals surface area contributed by atoms with Crippen molar-refractivity contribution in [1.82, 2.24) is 4.90 Å². The molecule has 1 aromatic carbocycles. The monoisotopic (exact) mass is 251 g/mol. The molecule has 0 spiro atoms. The van der Waals surface area contributed by atoms with Crippen molar-refractivity contribution in [1.29, 1.82) is 0 Å². The maximum Gasteiger partial charge on any atom is 0.262 e. The minimum absolute atomic E-state index is 0.313. The van der Waals surface area contributed by atoms with E-state index in [1.54, 1.807) is 31.2 Å². The van der Waals surface area contributed by atoms with Gasteiger partial charge in [-0.25, -0.2) is 0 Å². The molecule has 17 heavy (non-hydrogen) atoms. The number of carbonyl (C=O) groups excluding carboxylic acids is 3. The Hall–Kier alpha value is -1.68. The molecule has 88 valence electrons. The summed E-state index contributed by atoms with van der Waals surface area (Å²) in [4.78, 5) is 36.2. The predicted octanol–water partition coefficient (Wildman–Crippen LogP) is 1.83. The van der Waals surface area contributed by atoms with E-state index in [1.165, 1.54) is 0 Å². The van der Waals surface area contributed by atoms with Crippen molar-refractivity contribution in [2.24, 2.45) is 0 Å². The third kappa shape index (κ3) is 1.74. The van der Waals surface area contributed by atoms with Crippen molar-refractivity contribution in [2.75, 3.05) is 0 Å². The van der Waals surface area contributed by atoms with E-state index in [9.17, 15) is 14.4 Å². The van der Waals surface area contributed by atoms with Crippen molar-refractivity contribution in [3.05, 3.63) is 35.4 Å². The van der Waals surface area contributed by atoms with E-state index in [4.69, 9.17) is 11.6 Å². The van der Waals surface area contributed by atoms with Gasteiger partial charge in [0, 0.05) is 0 Å². The highest BCUT2D eigenvalue weighted by Gasteiger charge is 2.41. The third-order valence-electron chi connectivity index (χ3n) is 2.79. The van der Waals surface area contributed by atoms with Gasteiger partial charge >= 0.3 is 0 Å². The van der Waals surface area contributed by atoms with Crippen LogP contribution in [0.5, 0.6) is 0 Å². The number of halogens is 1. The standard InChI is InChI=1S/C12H10ClNO3/c1-2-9(10(13)15)14-11(16)7-5-3-4-6-8(7)12(14)17/h3-6,9H,2H2,1H3. The smallest absolute Gasteiger partial charge is 0.262 e. The average Bonchev–Trinajstić information content (AvgIpc) is 2.56. The summed E-state index contributed by atoms with van der Waals surface area (Å²) in [6.45, 7) is 1.70. The zero-order valence-electron chi connectivity index (χ0n) is 9.14. The van der Waals surface area contributed by atoms with E-state index >= 15 is 0 Å². The lowest BCUT2D eigenvalue weighted by atomic mass is 10.1. The zero-order chi connectivity index (χ0) is 12.6. The van der Waals surface area contributed by atoms with Crippen LogP contribution in [0, 0.1) is 0 Å². The Morgan fingerprint density at radius 2 is 1.71 bits per heavy atom. The fourth-order valence-electron chi connectivity index (χ4n) is 1.94. The lowest BCUT2D eigenvalue weighted by molar-refractivity contribution is -0.115. The van der Waals surface area contributed by atoms with E-state index < -0.39 is 23.1 Å². The van der Waals surface area contributed by atoms with E-state index in [0.29, 0.717) is 17.5 Å². The van der Waals surface area contributed by atoms with Crippen LogP contribution in [0.3, 0.4) is 0 Å². The number of amides is 2. The number of benzene rings is 1. The molecule has 0 saturated heterocycles. The summed E-state index contributed by atoms with van der Waals surface area (Å²) in [7, 11) is 0. The molecule has 1 heterocycles. The highest BCUT2D eigenvalue weighted by molar-refractivity contribution is 6.65. The van der Waals surface area contributed by atoms with Crippen LogP contribution in [0.2, 0.25) is 0 Å². The van der Waals surface area contributed by atoms with Crippen molar-refractivity contribution in [3.63, 3.8) is 0 Å². The highest BCUT2D eigenvalue weighted by atomic mass is 35.5. The molecule has 0 aliphatic carbocycles. The molecule has 0 radical (unpaired) electrons. The van der Waals surface area contributed by atoms with Crippen molar-refractivity contribution < 1.29 is 14.4 Å². The van der Waals surface area contributed by atoms with Gasteiger partial charge in [-0.3, -0.25) is 19.3 Å². The van der Waals surface area contributed by atoms with Gasteiger partial charge in [0.1, 0.15) is 6.04 Å². The molecular weight excluding hydrogens is 242 g/mol. The predicted molar refractivity (Wildman–Crippen MR) is 61.9 cm³/mol. The van der Waals surface area contributed by atoms with Gasteiger partial charge in [0.15, 0.2) is 0 Å².